The van der Waals surface area contributed by atoms with Crippen LogP contribution in [-0.2, 0) is 14.3 Å². The number of carbonyl (C=O) groups is 2. The van der Waals surface area contributed by atoms with E-state index in [1.807, 2.05) is 39.8 Å². The Morgan fingerprint density at radius 3 is 2.63 bits per heavy atom. The van der Waals surface area contributed by atoms with Crippen molar-refractivity contribution in [1.29, 1.82) is 0 Å². The summed E-state index contributed by atoms with van der Waals surface area (Å²) in [7, 11) is 1.31. The number of ether oxygens (including phenoxy) is 2. The number of carbonyl (C=O) groups excluding carboxylic acids is 2. The van der Waals surface area contributed by atoms with Gasteiger partial charge in [-0.15, -0.1) is 0 Å². The molecule has 0 bridgehead atoms. The molecule has 0 saturated carbocycles. The summed E-state index contributed by atoms with van der Waals surface area (Å²) in [6.45, 7) is 7.67. The minimum absolute atomic E-state index is 0.00551. The lowest BCUT2D eigenvalue weighted by Crippen LogP contribution is -2.35. The molecule has 1 aliphatic heterocycles. The summed E-state index contributed by atoms with van der Waals surface area (Å²) in [5.74, 6) is -0.0664. The van der Waals surface area contributed by atoms with E-state index in [2.05, 4.69) is 25.7 Å². The predicted molar refractivity (Wildman–Crippen MR) is 112 cm³/mol. The van der Waals surface area contributed by atoms with Gasteiger partial charge in [0.1, 0.15) is 5.75 Å². The van der Waals surface area contributed by atoms with Gasteiger partial charge in [-0.2, -0.15) is 0 Å². The topological polar surface area (TPSA) is 68.2 Å². The molecular formula is C19H23BrN2O4S. The Kier molecular flexibility index (Phi) is 7.49. The molecule has 0 radical (unpaired) electrons. The molecule has 1 fully saturated rings. The molecule has 146 valence electrons. The molecule has 0 aliphatic carbocycles. The van der Waals surface area contributed by atoms with Gasteiger partial charge >= 0.3 is 5.97 Å². The molecule has 0 spiro atoms. The molecule has 2 rings (SSSR count). The zero-order valence-corrected chi connectivity index (χ0v) is 18.4. The van der Waals surface area contributed by atoms with Gasteiger partial charge in [0.15, 0.2) is 11.8 Å². The number of amidine groups is 1. The first-order valence-corrected chi connectivity index (χ1v) is 10.1. The van der Waals surface area contributed by atoms with E-state index in [0.29, 0.717) is 21.4 Å². The van der Waals surface area contributed by atoms with Crippen LogP contribution in [0.15, 0.2) is 32.6 Å². The van der Waals surface area contributed by atoms with E-state index in [9.17, 15) is 9.59 Å². The highest BCUT2D eigenvalue weighted by atomic mass is 79.9. The Hall–Kier alpha value is -1.80. The van der Waals surface area contributed by atoms with E-state index >= 15 is 0 Å². The number of benzene rings is 1. The van der Waals surface area contributed by atoms with Crippen LogP contribution >= 0.6 is 27.7 Å². The first-order chi connectivity index (χ1) is 12.7. The molecule has 8 heteroatoms. The van der Waals surface area contributed by atoms with E-state index in [4.69, 9.17) is 4.74 Å². The van der Waals surface area contributed by atoms with Crippen LogP contribution in [0.25, 0.3) is 6.08 Å². The van der Waals surface area contributed by atoms with Crippen molar-refractivity contribution in [3.05, 3.63) is 33.1 Å². The molecule has 6 nitrogen and oxygen atoms in total. The molecule has 1 aromatic carbocycles. The van der Waals surface area contributed by atoms with Gasteiger partial charge in [0.25, 0.3) is 5.91 Å². The molecule has 1 heterocycles. The lowest BCUT2D eigenvalue weighted by Gasteiger charge is -2.20. The van der Waals surface area contributed by atoms with Crippen molar-refractivity contribution >= 4 is 50.8 Å². The van der Waals surface area contributed by atoms with Gasteiger partial charge in [-0.05, 0) is 63.7 Å². The Morgan fingerprint density at radius 2 is 2.04 bits per heavy atom. The second-order valence-electron chi connectivity index (χ2n) is 6.43. The Labute approximate surface area is 172 Å². The van der Waals surface area contributed by atoms with Gasteiger partial charge < -0.3 is 9.47 Å². The van der Waals surface area contributed by atoms with Crippen molar-refractivity contribution < 1.29 is 19.1 Å². The quantitative estimate of drug-likeness (QED) is 0.478. The van der Waals surface area contributed by atoms with Gasteiger partial charge in [0, 0.05) is 22.1 Å². The number of hydrogen-bond donors (Lipinski definition) is 0. The molecule has 0 N–H and O–H groups in total. The number of nitrogens with zero attached hydrogens (tertiary/aromatic N) is 2. The number of thioether (sulfide) groups is 1. The predicted octanol–water partition coefficient (Wildman–Crippen LogP) is 4.09. The third-order valence-corrected chi connectivity index (χ3v) is 5.04. The highest BCUT2D eigenvalue weighted by molar-refractivity contribution is 9.10. The van der Waals surface area contributed by atoms with Crippen LogP contribution in [0, 0.1) is 0 Å². The van der Waals surface area contributed by atoms with Crippen LogP contribution in [0.5, 0.6) is 5.75 Å². The van der Waals surface area contributed by atoms with Crippen molar-refractivity contribution in [2.45, 2.75) is 39.8 Å². The summed E-state index contributed by atoms with van der Waals surface area (Å²) in [6.07, 6.45) is 1.77. The number of aliphatic imine (C=N–C) groups is 1. The minimum Gasteiger partial charge on any atom is -0.481 e. The largest absolute Gasteiger partial charge is 0.481 e. The van der Waals surface area contributed by atoms with Crippen molar-refractivity contribution in [1.82, 2.24) is 4.90 Å². The fourth-order valence-electron chi connectivity index (χ4n) is 2.35. The van der Waals surface area contributed by atoms with Crippen LogP contribution in [0.2, 0.25) is 0 Å². The van der Waals surface area contributed by atoms with E-state index in [0.717, 1.165) is 4.47 Å². The molecule has 0 aromatic heterocycles. The first kappa shape index (κ1) is 21.5. The molecule has 0 unspecified atom stereocenters. The number of rotatable bonds is 6. The summed E-state index contributed by atoms with van der Waals surface area (Å²) in [5, 5.41) is 0.697. The summed E-state index contributed by atoms with van der Waals surface area (Å²) < 4.78 is 11.0. The number of halogens is 1. The van der Waals surface area contributed by atoms with Crippen molar-refractivity contribution in [2.24, 2.45) is 4.99 Å². The monoisotopic (exact) mass is 454 g/mol. The fourth-order valence-corrected chi connectivity index (χ4v) is 3.96. The maximum Gasteiger partial charge on any atom is 0.343 e. The van der Waals surface area contributed by atoms with E-state index < -0.39 is 5.97 Å². The second kappa shape index (κ2) is 9.41. The molecule has 1 amide bonds. The van der Waals surface area contributed by atoms with Crippen LogP contribution in [-0.4, -0.2) is 47.7 Å². The highest BCUT2D eigenvalue weighted by Gasteiger charge is 2.35. The smallest absolute Gasteiger partial charge is 0.343 e. The highest BCUT2D eigenvalue weighted by Crippen LogP contribution is 2.36. The van der Waals surface area contributed by atoms with Crippen LogP contribution < -0.4 is 4.74 Å². The molecular weight excluding hydrogens is 432 g/mol. The normalized spacial score (nSPS) is 17.5. The number of hydrogen-bond acceptors (Lipinski definition) is 6. The van der Waals surface area contributed by atoms with Crippen LogP contribution in [0.1, 0.15) is 33.3 Å². The number of methoxy groups -OCH3 is 1. The van der Waals surface area contributed by atoms with Crippen LogP contribution in [0.3, 0.4) is 0 Å². The second-order valence-corrected chi connectivity index (χ2v) is 8.36. The van der Waals surface area contributed by atoms with E-state index in [1.54, 1.807) is 17.0 Å². The van der Waals surface area contributed by atoms with Gasteiger partial charge in [-0.1, -0.05) is 15.9 Å². The van der Waals surface area contributed by atoms with Gasteiger partial charge in [0.05, 0.1) is 12.0 Å². The van der Waals surface area contributed by atoms with Crippen molar-refractivity contribution in [3.8, 4) is 5.75 Å². The standard InChI is InChI=1S/C19H23BrN2O4S/c1-11(2)21-19-22(12(3)4)18(24)16(27-19)9-13-8-14(20)6-7-15(13)26-10-17(23)25-5/h6-9,11-12H,10H2,1-5H3/b16-9+,21-19?. The third-order valence-electron chi connectivity index (χ3n) is 3.55. The fraction of sp³-hybridized carbons (Fsp3) is 0.421. The molecule has 27 heavy (non-hydrogen) atoms. The Morgan fingerprint density at radius 1 is 1.33 bits per heavy atom. The summed E-state index contributed by atoms with van der Waals surface area (Å²) in [5.41, 5.74) is 0.693. The summed E-state index contributed by atoms with van der Waals surface area (Å²) in [6, 6.07) is 5.48. The molecule has 1 saturated heterocycles. The van der Waals surface area contributed by atoms with Crippen molar-refractivity contribution in [2.75, 3.05) is 13.7 Å². The average molecular weight is 455 g/mol. The van der Waals surface area contributed by atoms with Gasteiger partial charge in [-0.3, -0.25) is 14.7 Å². The van der Waals surface area contributed by atoms with E-state index in [1.165, 1.54) is 18.9 Å². The molecule has 1 aliphatic rings. The Balaban J connectivity index is 2.38. The van der Waals surface area contributed by atoms with Gasteiger partial charge in [-0.25, -0.2) is 4.79 Å². The zero-order valence-electron chi connectivity index (χ0n) is 16.0. The van der Waals surface area contributed by atoms with Crippen molar-refractivity contribution in [3.63, 3.8) is 0 Å². The summed E-state index contributed by atoms with van der Waals surface area (Å²) in [4.78, 5) is 31.1. The maximum atomic E-state index is 12.9. The zero-order chi connectivity index (χ0) is 20.1. The molecule has 1 aromatic rings. The number of esters is 1. The third kappa shape index (κ3) is 5.59. The average Bonchev–Trinajstić information content (AvgIpc) is 2.88. The first-order valence-electron chi connectivity index (χ1n) is 8.53. The maximum absolute atomic E-state index is 12.9. The number of amides is 1. The minimum atomic E-state index is -0.472. The lowest BCUT2D eigenvalue weighted by molar-refractivity contribution is -0.142. The molecule has 0 atom stereocenters. The Bertz CT molecular complexity index is 790. The summed E-state index contributed by atoms with van der Waals surface area (Å²) >= 11 is 4.78. The van der Waals surface area contributed by atoms with Crippen LogP contribution in [0.4, 0.5) is 0 Å². The lowest BCUT2D eigenvalue weighted by atomic mass is 10.2. The van der Waals surface area contributed by atoms with Gasteiger partial charge in [0.2, 0.25) is 0 Å². The van der Waals surface area contributed by atoms with E-state index in [-0.39, 0.29) is 24.6 Å². The SMILES string of the molecule is COC(=O)COc1ccc(Br)cc1/C=C1/SC(=NC(C)C)N(C(C)C)C1=O.